The van der Waals surface area contributed by atoms with Gasteiger partial charge in [-0.3, -0.25) is 9.89 Å². The smallest absolute Gasteiger partial charge is 0.223 e. The molecule has 1 amide bonds. The SMILES string of the molecule is Cc1nc(CCC(=O)N2CCC[C@]3(C=Cc4ccccc4O3)CC2)n[nH]1. The maximum Gasteiger partial charge on any atom is 0.223 e. The molecule has 2 aliphatic rings. The number of nitrogens with one attached hydrogen (secondary N) is 1. The third kappa shape index (κ3) is 3.49. The monoisotopic (exact) mass is 352 g/mol. The van der Waals surface area contributed by atoms with Gasteiger partial charge in [-0.15, -0.1) is 0 Å². The molecule has 0 saturated carbocycles. The minimum Gasteiger partial charge on any atom is -0.483 e. The summed E-state index contributed by atoms with van der Waals surface area (Å²) in [5.74, 6) is 2.60. The average molecular weight is 352 g/mol. The van der Waals surface area contributed by atoms with Gasteiger partial charge in [0.05, 0.1) is 0 Å². The molecule has 6 heteroatoms. The fraction of sp³-hybridized carbons (Fsp3) is 0.450. The molecular weight excluding hydrogens is 328 g/mol. The highest BCUT2D eigenvalue weighted by Crippen LogP contribution is 2.36. The number of aromatic amines is 1. The lowest BCUT2D eigenvalue weighted by Gasteiger charge is -2.34. The Labute approximate surface area is 153 Å². The molecule has 0 bridgehead atoms. The Morgan fingerprint density at radius 3 is 3.04 bits per heavy atom. The number of aryl methyl sites for hydroxylation is 2. The summed E-state index contributed by atoms with van der Waals surface area (Å²) in [5.41, 5.74) is 0.835. The number of likely N-dealkylation sites (tertiary alicyclic amines) is 1. The zero-order valence-corrected chi connectivity index (χ0v) is 15.1. The molecule has 1 atom stereocenters. The average Bonchev–Trinajstić information content (AvgIpc) is 2.96. The number of para-hydroxylation sites is 1. The van der Waals surface area contributed by atoms with Crippen molar-refractivity contribution in [2.24, 2.45) is 0 Å². The van der Waals surface area contributed by atoms with Gasteiger partial charge < -0.3 is 9.64 Å². The van der Waals surface area contributed by atoms with Crippen molar-refractivity contribution in [2.45, 2.75) is 44.6 Å². The van der Waals surface area contributed by atoms with Crippen LogP contribution in [0.5, 0.6) is 5.75 Å². The molecule has 4 rings (SSSR count). The molecule has 1 fully saturated rings. The molecule has 26 heavy (non-hydrogen) atoms. The number of carbonyl (C=O) groups is 1. The molecule has 1 saturated heterocycles. The van der Waals surface area contributed by atoms with Gasteiger partial charge in [0.2, 0.25) is 5.91 Å². The summed E-state index contributed by atoms with van der Waals surface area (Å²) < 4.78 is 6.35. The van der Waals surface area contributed by atoms with Gasteiger partial charge in [0.15, 0.2) is 5.82 Å². The molecule has 0 unspecified atom stereocenters. The van der Waals surface area contributed by atoms with Gasteiger partial charge >= 0.3 is 0 Å². The summed E-state index contributed by atoms with van der Waals surface area (Å²) in [6.07, 6.45) is 8.06. The first-order valence-electron chi connectivity index (χ1n) is 9.27. The Balaban J connectivity index is 1.37. The summed E-state index contributed by atoms with van der Waals surface area (Å²) in [6.45, 7) is 3.37. The van der Waals surface area contributed by atoms with Gasteiger partial charge in [-0.1, -0.05) is 24.3 Å². The van der Waals surface area contributed by atoms with Gasteiger partial charge in [-0.25, -0.2) is 4.98 Å². The predicted molar refractivity (Wildman–Crippen MR) is 98.7 cm³/mol. The van der Waals surface area contributed by atoms with Crippen LogP contribution < -0.4 is 4.74 Å². The normalized spacial score (nSPS) is 22.0. The molecule has 6 nitrogen and oxygen atoms in total. The quantitative estimate of drug-likeness (QED) is 0.922. The number of benzene rings is 1. The minimum absolute atomic E-state index is 0.171. The van der Waals surface area contributed by atoms with Crippen molar-refractivity contribution in [1.82, 2.24) is 20.1 Å². The highest BCUT2D eigenvalue weighted by molar-refractivity contribution is 5.76. The first-order valence-corrected chi connectivity index (χ1v) is 9.27. The highest BCUT2D eigenvalue weighted by Gasteiger charge is 2.35. The van der Waals surface area contributed by atoms with Gasteiger partial charge in [0, 0.05) is 37.9 Å². The topological polar surface area (TPSA) is 71.1 Å². The van der Waals surface area contributed by atoms with Crippen LogP contribution >= 0.6 is 0 Å². The number of fused-ring (bicyclic) bond motifs is 1. The second-order valence-corrected chi connectivity index (χ2v) is 7.11. The van der Waals surface area contributed by atoms with E-state index in [1.807, 2.05) is 30.0 Å². The number of H-pyrrole nitrogens is 1. The second kappa shape index (κ2) is 6.94. The van der Waals surface area contributed by atoms with Crippen LogP contribution in [0.1, 0.15) is 42.9 Å². The first-order chi connectivity index (χ1) is 12.6. The minimum atomic E-state index is -0.287. The lowest BCUT2D eigenvalue weighted by atomic mass is 9.91. The van der Waals surface area contributed by atoms with E-state index in [2.05, 4.69) is 33.4 Å². The Kier molecular flexibility index (Phi) is 4.49. The standard InChI is InChI=1S/C20H24N4O2/c1-15-21-18(23-22-15)7-8-19(25)24-13-4-10-20(12-14-24)11-9-16-5-2-3-6-17(16)26-20/h2-3,5-6,9,11H,4,7-8,10,12-14H2,1H3,(H,21,22,23)/t20-/m0/s1. The van der Waals surface area contributed by atoms with Gasteiger partial charge in [-0.2, -0.15) is 5.10 Å². The molecule has 0 aliphatic carbocycles. The van der Waals surface area contributed by atoms with E-state index in [0.717, 1.165) is 49.5 Å². The van der Waals surface area contributed by atoms with Crippen LogP contribution in [0.2, 0.25) is 0 Å². The van der Waals surface area contributed by atoms with Crippen LogP contribution in [0, 0.1) is 6.92 Å². The molecule has 1 spiro atoms. The van der Waals surface area contributed by atoms with Crippen LogP contribution in [0.3, 0.4) is 0 Å². The number of ether oxygens (including phenoxy) is 1. The van der Waals surface area contributed by atoms with E-state index in [1.54, 1.807) is 0 Å². The van der Waals surface area contributed by atoms with E-state index >= 15 is 0 Å². The number of aromatic nitrogens is 3. The van der Waals surface area contributed by atoms with Crippen LogP contribution in [0.4, 0.5) is 0 Å². The predicted octanol–water partition coefficient (Wildman–Crippen LogP) is 2.90. The molecule has 2 aromatic rings. The molecule has 1 aromatic heterocycles. The van der Waals surface area contributed by atoms with Crippen molar-refractivity contribution >= 4 is 12.0 Å². The molecule has 1 aromatic carbocycles. The van der Waals surface area contributed by atoms with E-state index in [4.69, 9.17) is 4.74 Å². The molecular formula is C20H24N4O2. The van der Waals surface area contributed by atoms with E-state index in [1.165, 1.54) is 0 Å². The van der Waals surface area contributed by atoms with Gasteiger partial charge in [0.25, 0.3) is 0 Å². The van der Waals surface area contributed by atoms with Crippen LogP contribution in [-0.2, 0) is 11.2 Å². The van der Waals surface area contributed by atoms with Crippen molar-refractivity contribution in [1.29, 1.82) is 0 Å². The summed E-state index contributed by atoms with van der Waals surface area (Å²) >= 11 is 0. The second-order valence-electron chi connectivity index (χ2n) is 7.11. The number of amides is 1. The zero-order valence-electron chi connectivity index (χ0n) is 15.1. The fourth-order valence-electron chi connectivity index (χ4n) is 3.73. The van der Waals surface area contributed by atoms with Crippen molar-refractivity contribution in [3.8, 4) is 5.75 Å². The molecule has 136 valence electrons. The largest absolute Gasteiger partial charge is 0.483 e. The first kappa shape index (κ1) is 16.8. The molecule has 1 N–H and O–H groups in total. The highest BCUT2D eigenvalue weighted by atomic mass is 16.5. The van der Waals surface area contributed by atoms with Crippen molar-refractivity contribution in [3.05, 3.63) is 47.6 Å². The van der Waals surface area contributed by atoms with E-state index in [0.29, 0.717) is 18.7 Å². The third-order valence-corrected chi connectivity index (χ3v) is 5.19. The van der Waals surface area contributed by atoms with E-state index < -0.39 is 0 Å². The summed E-state index contributed by atoms with van der Waals surface area (Å²) in [6, 6.07) is 8.11. The number of carbonyl (C=O) groups excluding carboxylic acids is 1. The zero-order chi connectivity index (χ0) is 18.0. The van der Waals surface area contributed by atoms with E-state index in [-0.39, 0.29) is 11.5 Å². The Hall–Kier alpha value is -2.63. The number of rotatable bonds is 3. The Morgan fingerprint density at radius 2 is 2.19 bits per heavy atom. The fourth-order valence-corrected chi connectivity index (χ4v) is 3.73. The lowest BCUT2D eigenvalue weighted by Crippen LogP contribution is -2.38. The number of nitrogens with zero attached hydrogens (tertiary/aromatic N) is 3. The number of hydrogen-bond donors (Lipinski definition) is 1. The summed E-state index contributed by atoms with van der Waals surface area (Å²) in [7, 11) is 0. The summed E-state index contributed by atoms with van der Waals surface area (Å²) in [5, 5.41) is 6.92. The Bertz CT molecular complexity index is 829. The van der Waals surface area contributed by atoms with Crippen molar-refractivity contribution in [2.75, 3.05) is 13.1 Å². The lowest BCUT2D eigenvalue weighted by molar-refractivity contribution is -0.131. The van der Waals surface area contributed by atoms with Gasteiger partial charge in [-0.05, 0) is 31.9 Å². The summed E-state index contributed by atoms with van der Waals surface area (Å²) in [4.78, 5) is 18.8. The maximum absolute atomic E-state index is 12.6. The van der Waals surface area contributed by atoms with Crippen molar-refractivity contribution < 1.29 is 9.53 Å². The molecule has 3 heterocycles. The number of hydrogen-bond acceptors (Lipinski definition) is 4. The van der Waals surface area contributed by atoms with Crippen LogP contribution in [0.15, 0.2) is 30.3 Å². The third-order valence-electron chi connectivity index (χ3n) is 5.19. The van der Waals surface area contributed by atoms with Gasteiger partial charge in [0.1, 0.15) is 17.2 Å². The Morgan fingerprint density at radius 1 is 1.31 bits per heavy atom. The van der Waals surface area contributed by atoms with E-state index in [9.17, 15) is 4.79 Å². The van der Waals surface area contributed by atoms with Crippen LogP contribution in [0.25, 0.3) is 6.08 Å². The van der Waals surface area contributed by atoms with Crippen molar-refractivity contribution in [3.63, 3.8) is 0 Å². The molecule has 0 radical (unpaired) electrons. The van der Waals surface area contributed by atoms with Crippen LogP contribution in [-0.4, -0.2) is 44.7 Å². The molecule has 2 aliphatic heterocycles. The maximum atomic E-state index is 12.6.